The Labute approximate surface area is 121 Å². The Bertz CT molecular complexity index is 563. The van der Waals surface area contributed by atoms with Crippen LogP contribution in [-0.4, -0.2) is 14.3 Å². The molecule has 20 heavy (non-hydrogen) atoms. The molecule has 0 radical (unpaired) electrons. The zero-order valence-corrected chi connectivity index (χ0v) is 13.3. The van der Waals surface area contributed by atoms with Gasteiger partial charge in [-0.15, -0.1) is 0 Å². The van der Waals surface area contributed by atoms with E-state index in [1.807, 2.05) is 0 Å². The number of hydrogen-bond donors (Lipinski definition) is 1. The maximum atomic E-state index is 4.62. The van der Waals surface area contributed by atoms with Crippen LogP contribution >= 0.6 is 0 Å². The van der Waals surface area contributed by atoms with Gasteiger partial charge < -0.3 is 9.88 Å². The lowest BCUT2D eigenvalue weighted by Crippen LogP contribution is -2.08. The van der Waals surface area contributed by atoms with Crippen molar-refractivity contribution in [2.45, 2.75) is 60.2 Å². The number of anilines is 1. The number of hydrogen-bond acceptors (Lipinski definition) is 2. The summed E-state index contributed by atoms with van der Waals surface area (Å²) in [6.07, 6.45) is 3.31. The summed E-state index contributed by atoms with van der Waals surface area (Å²) in [5, 5.41) is 8.17. The van der Waals surface area contributed by atoms with E-state index in [9.17, 15) is 0 Å². The third-order valence-corrected chi connectivity index (χ3v) is 3.65. The first-order valence-electron chi connectivity index (χ1n) is 7.48. The number of aromatic nitrogens is 3. The highest BCUT2D eigenvalue weighted by molar-refractivity contribution is 5.52. The van der Waals surface area contributed by atoms with Gasteiger partial charge in [0.05, 0.1) is 23.6 Å². The molecule has 0 bridgehead atoms. The van der Waals surface area contributed by atoms with Gasteiger partial charge in [0.25, 0.3) is 0 Å². The minimum absolute atomic E-state index is 0.396. The number of nitrogens with zero attached hydrogens (tertiary/aromatic N) is 3. The smallest absolute Gasteiger partial charge is 0.0828 e. The zero-order chi connectivity index (χ0) is 14.7. The van der Waals surface area contributed by atoms with Gasteiger partial charge in [0, 0.05) is 24.5 Å². The van der Waals surface area contributed by atoms with Crippen molar-refractivity contribution in [3.63, 3.8) is 0 Å². The normalized spacial score (nSPS) is 11.3. The fraction of sp³-hybridized carbons (Fsp3) is 0.562. The maximum absolute atomic E-state index is 4.62. The Kier molecular flexibility index (Phi) is 4.53. The van der Waals surface area contributed by atoms with E-state index in [4.69, 9.17) is 0 Å². The van der Waals surface area contributed by atoms with Crippen LogP contribution in [0.4, 0.5) is 5.69 Å². The second-order valence-corrected chi connectivity index (χ2v) is 5.63. The summed E-state index contributed by atoms with van der Waals surface area (Å²) < 4.78 is 4.40. The van der Waals surface area contributed by atoms with Crippen LogP contribution < -0.4 is 5.32 Å². The average Bonchev–Trinajstić information content (AvgIpc) is 2.94. The summed E-state index contributed by atoms with van der Waals surface area (Å²) in [4.78, 5) is 0. The molecule has 4 nitrogen and oxygen atoms in total. The van der Waals surface area contributed by atoms with Crippen LogP contribution in [0.3, 0.4) is 0 Å². The van der Waals surface area contributed by atoms with Gasteiger partial charge in [0.2, 0.25) is 0 Å². The van der Waals surface area contributed by atoms with Gasteiger partial charge in [-0.2, -0.15) is 5.10 Å². The third kappa shape index (κ3) is 2.89. The molecule has 0 fully saturated rings. The van der Waals surface area contributed by atoms with Crippen LogP contribution in [0.1, 0.15) is 50.3 Å². The highest BCUT2D eigenvalue weighted by Gasteiger charge is 2.13. The monoisotopic (exact) mass is 274 g/mol. The standard InChI is InChI=1S/C16H26N4/c1-6-9-19-10-7-8-15(19)11-17-16-13(4)18-20(12(2)3)14(16)5/h7-8,10,12,17H,6,9,11H2,1-5H3. The first-order chi connectivity index (χ1) is 9.54. The van der Waals surface area contributed by atoms with Gasteiger partial charge in [-0.05, 0) is 46.2 Å². The van der Waals surface area contributed by atoms with Crippen molar-refractivity contribution >= 4 is 5.69 Å². The molecule has 0 saturated carbocycles. The fourth-order valence-electron chi connectivity index (χ4n) is 2.67. The second kappa shape index (κ2) is 6.16. The first-order valence-corrected chi connectivity index (χ1v) is 7.48. The van der Waals surface area contributed by atoms with Crippen LogP contribution in [0.15, 0.2) is 18.3 Å². The molecule has 2 aromatic heterocycles. The molecule has 2 heterocycles. The predicted octanol–water partition coefficient (Wildman–Crippen LogP) is 3.90. The molecule has 0 unspecified atom stereocenters. The van der Waals surface area contributed by atoms with Gasteiger partial charge >= 0.3 is 0 Å². The molecular formula is C16H26N4. The predicted molar refractivity (Wildman–Crippen MR) is 84.1 cm³/mol. The molecule has 4 heteroatoms. The van der Waals surface area contributed by atoms with Crippen molar-refractivity contribution in [1.29, 1.82) is 0 Å². The molecule has 0 amide bonds. The van der Waals surface area contributed by atoms with Crippen molar-refractivity contribution in [2.24, 2.45) is 0 Å². The zero-order valence-electron chi connectivity index (χ0n) is 13.3. The van der Waals surface area contributed by atoms with Crippen molar-refractivity contribution in [3.8, 4) is 0 Å². The van der Waals surface area contributed by atoms with Crippen LogP contribution in [0.25, 0.3) is 0 Å². The molecule has 0 saturated heterocycles. The van der Waals surface area contributed by atoms with Crippen molar-refractivity contribution in [2.75, 3.05) is 5.32 Å². The quantitative estimate of drug-likeness (QED) is 0.867. The molecule has 0 spiro atoms. The molecule has 2 rings (SSSR count). The summed E-state index contributed by atoms with van der Waals surface area (Å²) >= 11 is 0. The number of aryl methyl sites for hydroxylation is 2. The van der Waals surface area contributed by atoms with Crippen molar-refractivity contribution in [1.82, 2.24) is 14.3 Å². The number of nitrogens with one attached hydrogen (secondary N) is 1. The van der Waals surface area contributed by atoms with Gasteiger partial charge in [-0.25, -0.2) is 0 Å². The SMILES string of the molecule is CCCn1cccc1CNc1c(C)nn(C(C)C)c1C. The third-order valence-electron chi connectivity index (χ3n) is 3.65. The van der Waals surface area contributed by atoms with Crippen LogP contribution in [-0.2, 0) is 13.1 Å². The fourth-order valence-corrected chi connectivity index (χ4v) is 2.67. The van der Waals surface area contributed by atoms with E-state index >= 15 is 0 Å². The summed E-state index contributed by atoms with van der Waals surface area (Å²) in [5.74, 6) is 0. The summed E-state index contributed by atoms with van der Waals surface area (Å²) in [6, 6.07) is 4.69. The summed E-state index contributed by atoms with van der Waals surface area (Å²) in [7, 11) is 0. The maximum Gasteiger partial charge on any atom is 0.0828 e. The van der Waals surface area contributed by atoms with Crippen molar-refractivity contribution in [3.05, 3.63) is 35.4 Å². The molecule has 0 atom stereocenters. The molecule has 0 aliphatic heterocycles. The average molecular weight is 274 g/mol. The molecule has 110 valence electrons. The van der Waals surface area contributed by atoms with E-state index in [0.717, 1.165) is 25.2 Å². The number of rotatable bonds is 6. The lowest BCUT2D eigenvalue weighted by atomic mass is 10.3. The molecular weight excluding hydrogens is 248 g/mol. The molecule has 2 aromatic rings. The van der Waals surface area contributed by atoms with E-state index in [0.29, 0.717) is 6.04 Å². The Morgan fingerprint density at radius 1 is 1.30 bits per heavy atom. The Morgan fingerprint density at radius 3 is 2.65 bits per heavy atom. The van der Waals surface area contributed by atoms with E-state index in [1.54, 1.807) is 0 Å². The van der Waals surface area contributed by atoms with Crippen LogP contribution in [0.2, 0.25) is 0 Å². The summed E-state index contributed by atoms with van der Waals surface area (Å²) in [5.41, 5.74) is 4.78. The van der Waals surface area contributed by atoms with Gasteiger partial charge in [0.1, 0.15) is 0 Å². The lowest BCUT2D eigenvalue weighted by Gasteiger charge is -2.12. The topological polar surface area (TPSA) is 34.8 Å². The highest BCUT2D eigenvalue weighted by atomic mass is 15.3. The highest BCUT2D eigenvalue weighted by Crippen LogP contribution is 2.23. The van der Waals surface area contributed by atoms with Crippen molar-refractivity contribution < 1.29 is 0 Å². The van der Waals surface area contributed by atoms with E-state index < -0.39 is 0 Å². The van der Waals surface area contributed by atoms with Gasteiger partial charge in [-0.3, -0.25) is 4.68 Å². The summed E-state index contributed by atoms with van der Waals surface area (Å²) in [6.45, 7) is 12.7. The molecule has 0 aliphatic carbocycles. The van der Waals surface area contributed by atoms with E-state index in [1.165, 1.54) is 17.1 Å². The first kappa shape index (κ1) is 14.7. The van der Waals surface area contributed by atoms with Gasteiger partial charge in [0.15, 0.2) is 0 Å². The lowest BCUT2D eigenvalue weighted by molar-refractivity contribution is 0.516. The minimum Gasteiger partial charge on any atom is -0.376 e. The molecule has 1 N–H and O–H groups in total. The molecule has 0 aromatic carbocycles. The Morgan fingerprint density at radius 2 is 2.05 bits per heavy atom. The van der Waals surface area contributed by atoms with Crippen LogP contribution in [0, 0.1) is 13.8 Å². The van der Waals surface area contributed by atoms with E-state index in [-0.39, 0.29) is 0 Å². The largest absolute Gasteiger partial charge is 0.376 e. The Hall–Kier alpha value is -1.71. The molecule has 0 aliphatic rings. The van der Waals surface area contributed by atoms with Crippen LogP contribution in [0.5, 0.6) is 0 Å². The second-order valence-electron chi connectivity index (χ2n) is 5.63. The van der Waals surface area contributed by atoms with E-state index in [2.05, 4.69) is 72.6 Å². The Balaban J connectivity index is 2.13. The van der Waals surface area contributed by atoms with Gasteiger partial charge in [-0.1, -0.05) is 6.92 Å². The minimum atomic E-state index is 0.396.